The number of nitrogens with zero attached hydrogens (tertiary/aromatic N) is 1. The zero-order valence-corrected chi connectivity index (χ0v) is 11.0. The van der Waals surface area contributed by atoms with Crippen LogP contribution in [0.1, 0.15) is 54.2 Å². The zero-order chi connectivity index (χ0) is 13.3. The first-order valence-electron chi connectivity index (χ1n) is 5.93. The van der Waals surface area contributed by atoms with Crippen LogP contribution in [0.2, 0.25) is 0 Å². The second kappa shape index (κ2) is 4.72. The van der Waals surface area contributed by atoms with Crippen LogP contribution in [0.15, 0.2) is 5.16 Å². The third kappa shape index (κ3) is 2.55. The molecule has 6 nitrogen and oxygen atoms in total. The summed E-state index contributed by atoms with van der Waals surface area (Å²) in [5.41, 5.74) is 0.310. The monoisotopic (exact) mass is 272 g/mol. The first kappa shape index (κ1) is 13.1. The Labute approximate surface area is 105 Å². The Morgan fingerprint density at radius 2 is 1.94 bits per heavy atom. The second-order valence-electron chi connectivity index (χ2n) is 4.72. The van der Waals surface area contributed by atoms with Crippen molar-refractivity contribution in [2.45, 2.75) is 43.2 Å². The number of sulfone groups is 1. The SMILES string of the molecule is CS(=O)(=O)c1nc(C(=O)O)c(C2CCCCC2)[nH]1. The summed E-state index contributed by atoms with van der Waals surface area (Å²) >= 11 is 0. The Hall–Kier alpha value is -1.37. The van der Waals surface area contributed by atoms with E-state index in [0.29, 0.717) is 5.69 Å². The molecule has 0 radical (unpaired) electrons. The first-order chi connectivity index (χ1) is 8.39. The minimum absolute atomic E-state index is 0.0767. The molecule has 0 amide bonds. The summed E-state index contributed by atoms with van der Waals surface area (Å²) < 4.78 is 22.8. The van der Waals surface area contributed by atoms with E-state index in [2.05, 4.69) is 9.97 Å². The molecule has 2 rings (SSSR count). The van der Waals surface area contributed by atoms with E-state index < -0.39 is 15.8 Å². The van der Waals surface area contributed by atoms with E-state index in [1.54, 1.807) is 0 Å². The fourth-order valence-electron chi connectivity index (χ4n) is 2.39. The highest BCUT2D eigenvalue weighted by atomic mass is 32.2. The predicted octanol–water partition coefficient (Wildman–Crippen LogP) is 1.56. The number of aromatic carboxylic acids is 1. The Balaban J connectivity index is 2.44. The molecule has 0 unspecified atom stereocenters. The highest BCUT2D eigenvalue weighted by Gasteiger charge is 2.27. The zero-order valence-electron chi connectivity index (χ0n) is 10.1. The summed E-state index contributed by atoms with van der Waals surface area (Å²) in [5, 5.41) is 8.85. The lowest BCUT2D eigenvalue weighted by molar-refractivity contribution is 0.0688. The highest BCUT2D eigenvalue weighted by Crippen LogP contribution is 2.33. The van der Waals surface area contributed by atoms with Gasteiger partial charge in [-0.05, 0) is 12.8 Å². The maximum absolute atomic E-state index is 11.4. The van der Waals surface area contributed by atoms with Gasteiger partial charge in [-0.3, -0.25) is 0 Å². The van der Waals surface area contributed by atoms with Crippen LogP contribution in [0.3, 0.4) is 0 Å². The van der Waals surface area contributed by atoms with Crippen molar-refractivity contribution in [3.8, 4) is 0 Å². The van der Waals surface area contributed by atoms with Crippen molar-refractivity contribution in [2.24, 2.45) is 0 Å². The number of nitrogens with one attached hydrogen (secondary N) is 1. The average Bonchev–Trinajstić information content (AvgIpc) is 2.74. The molecule has 18 heavy (non-hydrogen) atoms. The molecule has 2 N–H and O–H groups in total. The number of hydrogen-bond acceptors (Lipinski definition) is 4. The van der Waals surface area contributed by atoms with Crippen molar-refractivity contribution in [3.63, 3.8) is 0 Å². The van der Waals surface area contributed by atoms with Gasteiger partial charge in [0.05, 0.1) is 5.69 Å². The van der Waals surface area contributed by atoms with E-state index in [4.69, 9.17) is 5.11 Å². The fraction of sp³-hybridized carbons (Fsp3) is 0.636. The van der Waals surface area contributed by atoms with Crippen LogP contribution in [-0.2, 0) is 9.84 Å². The Morgan fingerprint density at radius 3 is 2.44 bits per heavy atom. The lowest BCUT2D eigenvalue weighted by Gasteiger charge is -2.20. The molecule has 1 heterocycles. The number of H-pyrrole nitrogens is 1. The van der Waals surface area contributed by atoms with Crippen molar-refractivity contribution in [3.05, 3.63) is 11.4 Å². The summed E-state index contributed by atoms with van der Waals surface area (Å²) in [7, 11) is -3.51. The van der Waals surface area contributed by atoms with E-state index in [1.165, 1.54) is 0 Å². The van der Waals surface area contributed by atoms with Crippen LogP contribution in [0.25, 0.3) is 0 Å². The lowest BCUT2D eigenvalue weighted by atomic mass is 9.86. The Bertz CT molecular complexity index is 556. The van der Waals surface area contributed by atoms with Gasteiger partial charge in [-0.15, -0.1) is 0 Å². The molecule has 0 atom stereocenters. The van der Waals surface area contributed by atoms with Gasteiger partial charge < -0.3 is 10.1 Å². The van der Waals surface area contributed by atoms with Gasteiger partial charge in [-0.1, -0.05) is 19.3 Å². The van der Waals surface area contributed by atoms with Crippen molar-refractivity contribution < 1.29 is 18.3 Å². The molecule has 0 aliphatic heterocycles. The standard InChI is InChI=1S/C11H16N2O4S/c1-18(16,17)11-12-8(9(13-11)10(14)15)7-5-3-2-4-6-7/h7H,2-6H2,1H3,(H,12,13)(H,14,15). The van der Waals surface area contributed by atoms with Gasteiger partial charge in [0.15, 0.2) is 5.69 Å². The molecule has 1 aromatic heterocycles. The third-order valence-electron chi connectivity index (χ3n) is 3.28. The van der Waals surface area contributed by atoms with E-state index in [9.17, 15) is 13.2 Å². The molecule has 0 saturated heterocycles. The molecule has 0 spiro atoms. The van der Waals surface area contributed by atoms with Crippen LogP contribution < -0.4 is 0 Å². The van der Waals surface area contributed by atoms with Crippen molar-refractivity contribution in [1.82, 2.24) is 9.97 Å². The van der Waals surface area contributed by atoms with Gasteiger partial charge in [0.1, 0.15) is 0 Å². The molecule has 1 fully saturated rings. The van der Waals surface area contributed by atoms with Crippen LogP contribution in [-0.4, -0.2) is 35.7 Å². The number of imidazole rings is 1. The van der Waals surface area contributed by atoms with Gasteiger partial charge in [0, 0.05) is 12.2 Å². The Morgan fingerprint density at radius 1 is 1.33 bits per heavy atom. The van der Waals surface area contributed by atoms with Gasteiger partial charge in [-0.2, -0.15) is 0 Å². The van der Waals surface area contributed by atoms with Crippen molar-refractivity contribution in [2.75, 3.05) is 6.26 Å². The van der Waals surface area contributed by atoms with E-state index in [0.717, 1.165) is 38.4 Å². The van der Waals surface area contributed by atoms with Gasteiger partial charge in [-0.25, -0.2) is 18.2 Å². The van der Waals surface area contributed by atoms with Crippen LogP contribution in [0, 0.1) is 0 Å². The molecule has 0 bridgehead atoms. The minimum Gasteiger partial charge on any atom is -0.476 e. The number of aromatic amines is 1. The number of carboxylic acid groups (broad SMARTS) is 1. The Kier molecular flexibility index (Phi) is 3.43. The molecule has 1 aliphatic rings. The first-order valence-corrected chi connectivity index (χ1v) is 7.82. The van der Waals surface area contributed by atoms with E-state index >= 15 is 0 Å². The second-order valence-corrected chi connectivity index (χ2v) is 6.65. The smallest absolute Gasteiger partial charge is 0.356 e. The maximum atomic E-state index is 11.4. The van der Waals surface area contributed by atoms with Crippen LogP contribution >= 0.6 is 0 Å². The summed E-state index contributed by atoms with van der Waals surface area (Å²) in [5.74, 6) is -1.10. The summed E-state index contributed by atoms with van der Waals surface area (Å²) in [6, 6.07) is 0. The lowest BCUT2D eigenvalue weighted by Crippen LogP contribution is -2.10. The van der Waals surface area contributed by atoms with Gasteiger partial charge in [0.25, 0.3) is 0 Å². The molecular weight excluding hydrogens is 256 g/mol. The average molecular weight is 272 g/mol. The third-order valence-corrected chi connectivity index (χ3v) is 4.17. The summed E-state index contributed by atoms with van der Waals surface area (Å²) in [6.45, 7) is 0. The van der Waals surface area contributed by atoms with Gasteiger partial charge in [0.2, 0.25) is 15.0 Å². The molecule has 1 saturated carbocycles. The highest BCUT2D eigenvalue weighted by molar-refractivity contribution is 7.90. The number of carbonyl (C=O) groups is 1. The topological polar surface area (TPSA) is 100 Å². The quantitative estimate of drug-likeness (QED) is 0.869. The molecular formula is C11H16N2O4S. The number of hydrogen-bond donors (Lipinski definition) is 2. The van der Waals surface area contributed by atoms with Crippen LogP contribution in [0.5, 0.6) is 0 Å². The van der Waals surface area contributed by atoms with Crippen LogP contribution in [0.4, 0.5) is 0 Å². The fourth-order valence-corrected chi connectivity index (χ4v) is 2.94. The predicted molar refractivity (Wildman–Crippen MR) is 64.5 cm³/mol. The number of carboxylic acids is 1. The molecule has 7 heteroatoms. The molecule has 100 valence electrons. The summed E-state index contributed by atoms with van der Waals surface area (Å²) in [4.78, 5) is 17.5. The van der Waals surface area contributed by atoms with Gasteiger partial charge >= 0.3 is 5.97 Å². The minimum atomic E-state index is -3.51. The maximum Gasteiger partial charge on any atom is 0.356 e. The van der Waals surface area contributed by atoms with Crippen molar-refractivity contribution >= 4 is 15.8 Å². The van der Waals surface area contributed by atoms with Crippen molar-refractivity contribution in [1.29, 1.82) is 0 Å². The normalized spacial score (nSPS) is 17.8. The largest absolute Gasteiger partial charge is 0.476 e. The number of rotatable bonds is 3. The number of aromatic nitrogens is 2. The van der Waals surface area contributed by atoms with E-state index in [1.807, 2.05) is 0 Å². The molecule has 1 aromatic rings. The summed E-state index contributed by atoms with van der Waals surface area (Å²) in [6.07, 6.45) is 6.00. The molecule has 1 aliphatic carbocycles. The molecule has 0 aromatic carbocycles. The van der Waals surface area contributed by atoms with E-state index in [-0.39, 0.29) is 16.8 Å².